The summed E-state index contributed by atoms with van der Waals surface area (Å²) in [6.45, 7) is 8.02. The van der Waals surface area contributed by atoms with E-state index in [1.165, 1.54) is 31.2 Å². The van der Waals surface area contributed by atoms with E-state index in [2.05, 4.69) is 32.9 Å². The molecule has 0 fully saturated rings. The number of nitrogens with zero attached hydrogens (tertiary/aromatic N) is 2. The number of ether oxygens (including phenoxy) is 2. The van der Waals surface area contributed by atoms with E-state index in [9.17, 15) is 9.59 Å². The van der Waals surface area contributed by atoms with Crippen molar-refractivity contribution in [3.63, 3.8) is 0 Å². The largest absolute Gasteiger partial charge is 0.454 e. The van der Waals surface area contributed by atoms with Crippen LogP contribution in [0.25, 0.3) is 0 Å². The normalized spacial score (nSPS) is 12.1. The van der Waals surface area contributed by atoms with Gasteiger partial charge in [-0.25, -0.2) is 0 Å². The highest BCUT2D eigenvalue weighted by molar-refractivity contribution is 7.09. The maximum Gasteiger partial charge on any atom is 0.254 e. The molecule has 2 amide bonds. The van der Waals surface area contributed by atoms with Crippen molar-refractivity contribution in [3.05, 3.63) is 81.5 Å². The Balaban J connectivity index is 1.47. The predicted molar refractivity (Wildman–Crippen MR) is 156 cm³/mol. The maximum absolute atomic E-state index is 13.7. The molecule has 6 nitrogen and oxygen atoms in total. The van der Waals surface area contributed by atoms with E-state index in [1.807, 2.05) is 52.7 Å². The molecule has 0 N–H and O–H groups in total. The third-order valence-corrected chi connectivity index (χ3v) is 7.67. The lowest BCUT2D eigenvalue weighted by atomic mass is 10.0. The molecule has 0 radical (unpaired) electrons. The number of hydrogen-bond acceptors (Lipinski definition) is 5. The molecule has 2 heterocycles. The van der Waals surface area contributed by atoms with Gasteiger partial charge >= 0.3 is 0 Å². The maximum atomic E-state index is 13.7. The van der Waals surface area contributed by atoms with Crippen LogP contribution in [0.5, 0.6) is 11.5 Å². The number of hydrogen-bond donors (Lipinski definition) is 0. The number of carbonyl (C=O) groups excluding carboxylic acids is 2. The molecule has 0 saturated carbocycles. The topological polar surface area (TPSA) is 59.1 Å². The molecule has 0 saturated heterocycles. The SMILES string of the molecule is CCCCCCc1ccc(C(=O)N(CC(=O)N(Cc2ccc3c(c2)OCO3)Cc2cccs2)CC(C)C)cc1. The van der Waals surface area contributed by atoms with E-state index < -0.39 is 0 Å². The van der Waals surface area contributed by atoms with E-state index >= 15 is 0 Å². The minimum absolute atomic E-state index is 0.0334. The number of aryl methyl sites for hydroxylation is 1. The quantitative estimate of drug-likeness (QED) is 0.205. The molecule has 3 aromatic rings. The number of rotatable bonds is 14. The third-order valence-electron chi connectivity index (χ3n) is 6.81. The van der Waals surface area contributed by atoms with Crippen molar-refractivity contribution in [2.24, 2.45) is 5.92 Å². The fourth-order valence-electron chi connectivity index (χ4n) is 4.76. The molecule has 208 valence electrons. The standard InChI is InChI=1S/C32H40N2O4S/c1-4-5-6-7-9-25-11-14-27(15-12-25)32(36)34(19-24(2)3)22-31(35)33(21-28-10-8-17-39-28)20-26-13-16-29-30(18-26)38-23-37-29/h8,10-18,24H,4-7,9,19-23H2,1-3H3. The van der Waals surface area contributed by atoms with Crippen LogP contribution in [-0.4, -0.2) is 41.5 Å². The Hall–Kier alpha value is -3.32. The molecule has 39 heavy (non-hydrogen) atoms. The van der Waals surface area contributed by atoms with Crippen LogP contribution in [0.2, 0.25) is 0 Å². The van der Waals surface area contributed by atoms with Gasteiger partial charge in [-0.2, -0.15) is 0 Å². The highest BCUT2D eigenvalue weighted by Crippen LogP contribution is 2.33. The number of fused-ring (bicyclic) bond motifs is 1. The molecule has 1 aromatic heterocycles. The van der Waals surface area contributed by atoms with Gasteiger partial charge in [-0.05, 0) is 65.6 Å². The molecule has 7 heteroatoms. The number of carbonyl (C=O) groups is 2. The fourth-order valence-corrected chi connectivity index (χ4v) is 5.48. The van der Waals surface area contributed by atoms with Gasteiger partial charge in [-0.15, -0.1) is 11.3 Å². The lowest BCUT2D eigenvalue weighted by molar-refractivity contribution is -0.133. The average molecular weight is 549 g/mol. The van der Waals surface area contributed by atoms with E-state index in [-0.39, 0.29) is 31.1 Å². The molecule has 1 aliphatic rings. The van der Waals surface area contributed by atoms with Crippen molar-refractivity contribution in [3.8, 4) is 11.5 Å². The number of benzene rings is 2. The number of amides is 2. The second kappa shape index (κ2) is 14.2. The summed E-state index contributed by atoms with van der Waals surface area (Å²) < 4.78 is 11.0. The minimum atomic E-state index is -0.103. The molecular formula is C32H40N2O4S. The Bertz CT molecular complexity index is 1210. The Morgan fingerprint density at radius 1 is 0.897 bits per heavy atom. The highest BCUT2D eigenvalue weighted by atomic mass is 32.1. The van der Waals surface area contributed by atoms with Crippen molar-refractivity contribution in [1.82, 2.24) is 9.80 Å². The van der Waals surface area contributed by atoms with Gasteiger partial charge in [-0.1, -0.05) is 64.3 Å². The van der Waals surface area contributed by atoms with Crippen molar-refractivity contribution >= 4 is 23.2 Å². The van der Waals surface area contributed by atoms with Crippen molar-refractivity contribution in [2.75, 3.05) is 19.9 Å². The van der Waals surface area contributed by atoms with Crippen molar-refractivity contribution < 1.29 is 19.1 Å². The predicted octanol–water partition coefficient (Wildman–Crippen LogP) is 6.93. The van der Waals surface area contributed by atoms with Crippen LogP contribution in [0.3, 0.4) is 0 Å². The summed E-state index contributed by atoms with van der Waals surface area (Å²) in [5, 5.41) is 2.01. The smallest absolute Gasteiger partial charge is 0.254 e. The third kappa shape index (κ3) is 8.33. The van der Waals surface area contributed by atoms with Gasteiger partial charge in [0, 0.05) is 23.5 Å². The first-order chi connectivity index (χ1) is 18.9. The number of thiophene rings is 1. The lowest BCUT2D eigenvalue weighted by Gasteiger charge is -2.29. The fraction of sp³-hybridized carbons (Fsp3) is 0.438. The molecule has 2 aromatic carbocycles. The summed E-state index contributed by atoms with van der Waals surface area (Å²) >= 11 is 1.62. The minimum Gasteiger partial charge on any atom is -0.454 e. The van der Waals surface area contributed by atoms with Crippen LogP contribution in [0.15, 0.2) is 60.0 Å². The molecule has 0 aliphatic carbocycles. The van der Waals surface area contributed by atoms with Crippen LogP contribution >= 0.6 is 11.3 Å². The Labute approximate surface area is 236 Å². The van der Waals surface area contributed by atoms with E-state index in [1.54, 1.807) is 16.2 Å². The van der Waals surface area contributed by atoms with Gasteiger partial charge in [0.1, 0.15) is 6.54 Å². The monoisotopic (exact) mass is 548 g/mol. The van der Waals surface area contributed by atoms with E-state index in [0.29, 0.717) is 30.9 Å². The van der Waals surface area contributed by atoms with Crippen LogP contribution in [0.4, 0.5) is 0 Å². The van der Waals surface area contributed by atoms with Gasteiger partial charge in [0.2, 0.25) is 12.7 Å². The number of unbranched alkanes of at least 4 members (excludes halogenated alkanes) is 3. The van der Waals surface area contributed by atoms with Crippen LogP contribution in [-0.2, 0) is 24.3 Å². The second-order valence-electron chi connectivity index (χ2n) is 10.6. The van der Waals surface area contributed by atoms with Crippen LogP contribution in [0, 0.1) is 5.92 Å². The zero-order valence-corrected chi connectivity index (χ0v) is 24.2. The molecule has 0 atom stereocenters. The van der Waals surface area contributed by atoms with Gasteiger partial charge in [0.05, 0.1) is 6.54 Å². The summed E-state index contributed by atoms with van der Waals surface area (Å²) in [5.41, 5.74) is 2.83. The van der Waals surface area contributed by atoms with E-state index in [4.69, 9.17) is 9.47 Å². The van der Waals surface area contributed by atoms with Crippen molar-refractivity contribution in [1.29, 1.82) is 0 Å². The Kier molecular flexibility index (Phi) is 10.4. The molecule has 0 unspecified atom stereocenters. The summed E-state index contributed by atoms with van der Waals surface area (Å²) in [6, 6.07) is 17.7. The summed E-state index contributed by atoms with van der Waals surface area (Å²) in [5.74, 6) is 1.47. The summed E-state index contributed by atoms with van der Waals surface area (Å²) in [7, 11) is 0. The summed E-state index contributed by atoms with van der Waals surface area (Å²) in [6.07, 6.45) is 5.90. The molecule has 1 aliphatic heterocycles. The zero-order valence-electron chi connectivity index (χ0n) is 23.4. The van der Waals surface area contributed by atoms with Crippen LogP contribution in [0.1, 0.15) is 72.8 Å². The first kappa shape index (κ1) is 28.7. The van der Waals surface area contributed by atoms with E-state index in [0.717, 1.165) is 22.6 Å². The molecule has 0 bridgehead atoms. The molecule has 4 rings (SSSR count). The average Bonchev–Trinajstić information content (AvgIpc) is 3.62. The van der Waals surface area contributed by atoms with Gasteiger partial charge in [0.15, 0.2) is 11.5 Å². The highest BCUT2D eigenvalue weighted by Gasteiger charge is 2.24. The van der Waals surface area contributed by atoms with Gasteiger partial charge in [0.25, 0.3) is 5.91 Å². The van der Waals surface area contributed by atoms with Gasteiger partial charge < -0.3 is 19.3 Å². The van der Waals surface area contributed by atoms with Crippen molar-refractivity contribution in [2.45, 2.75) is 66.0 Å². The zero-order chi connectivity index (χ0) is 27.6. The second-order valence-corrected chi connectivity index (χ2v) is 11.6. The Morgan fingerprint density at radius 2 is 1.67 bits per heavy atom. The summed E-state index contributed by atoms with van der Waals surface area (Å²) in [4.78, 5) is 31.9. The molecular weight excluding hydrogens is 508 g/mol. The van der Waals surface area contributed by atoms with Gasteiger partial charge in [-0.3, -0.25) is 9.59 Å². The first-order valence-corrected chi connectivity index (χ1v) is 14.9. The van der Waals surface area contributed by atoms with Crippen LogP contribution < -0.4 is 9.47 Å². The molecule has 0 spiro atoms. The Morgan fingerprint density at radius 3 is 2.38 bits per heavy atom. The first-order valence-electron chi connectivity index (χ1n) is 14.0. The lowest BCUT2D eigenvalue weighted by Crippen LogP contribution is -2.43.